The standard InChI is InChI=1S/C15H15Cl2N3O/c1-2-9-3-5-11(8-13(9)18)19-15(21)20-14-7-10(16)4-6-12(14)17/h3-8H,2,18H2,1H3,(H2,19,20,21). The van der Waals surface area contributed by atoms with Gasteiger partial charge in [-0.15, -0.1) is 0 Å². The van der Waals surface area contributed by atoms with Gasteiger partial charge in [0.15, 0.2) is 0 Å². The van der Waals surface area contributed by atoms with Crippen molar-refractivity contribution in [1.29, 1.82) is 0 Å². The van der Waals surface area contributed by atoms with Crippen molar-refractivity contribution in [2.45, 2.75) is 13.3 Å². The first kappa shape index (κ1) is 15.5. The van der Waals surface area contributed by atoms with E-state index in [1.807, 2.05) is 13.0 Å². The Morgan fingerprint density at radius 2 is 1.90 bits per heavy atom. The van der Waals surface area contributed by atoms with Crippen molar-refractivity contribution >= 4 is 46.3 Å². The lowest BCUT2D eigenvalue weighted by atomic mass is 10.1. The van der Waals surface area contributed by atoms with Crippen LogP contribution >= 0.6 is 23.2 Å². The van der Waals surface area contributed by atoms with Crippen LogP contribution in [0.3, 0.4) is 0 Å². The second-order valence-corrected chi connectivity index (χ2v) is 5.31. The van der Waals surface area contributed by atoms with E-state index in [4.69, 9.17) is 28.9 Å². The summed E-state index contributed by atoms with van der Waals surface area (Å²) in [6.07, 6.45) is 0.844. The van der Waals surface area contributed by atoms with Gasteiger partial charge in [-0.3, -0.25) is 0 Å². The number of nitrogens with two attached hydrogens (primary N) is 1. The van der Waals surface area contributed by atoms with Crippen molar-refractivity contribution < 1.29 is 4.79 Å². The van der Waals surface area contributed by atoms with E-state index in [1.165, 1.54) is 0 Å². The molecule has 110 valence electrons. The highest BCUT2D eigenvalue weighted by Gasteiger charge is 2.07. The second kappa shape index (κ2) is 6.70. The lowest BCUT2D eigenvalue weighted by molar-refractivity contribution is 0.262. The Hall–Kier alpha value is -1.91. The van der Waals surface area contributed by atoms with Crippen LogP contribution in [0, 0.1) is 0 Å². The maximum atomic E-state index is 11.9. The lowest BCUT2D eigenvalue weighted by Gasteiger charge is -2.11. The molecule has 2 aromatic rings. The van der Waals surface area contributed by atoms with Gasteiger partial charge in [-0.25, -0.2) is 4.79 Å². The minimum Gasteiger partial charge on any atom is -0.398 e. The molecule has 0 heterocycles. The molecule has 4 N–H and O–H groups in total. The first-order chi connectivity index (χ1) is 9.99. The molecule has 2 aromatic carbocycles. The molecule has 6 heteroatoms. The fraction of sp³-hybridized carbons (Fsp3) is 0.133. The number of nitrogens with one attached hydrogen (secondary N) is 2. The van der Waals surface area contributed by atoms with Gasteiger partial charge in [0, 0.05) is 16.4 Å². The number of urea groups is 1. The highest BCUT2D eigenvalue weighted by molar-refractivity contribution is 6.35. The number of carbonyl (C=O) groups excluding carboxylic acids is 1. The lowest BCUT2D eigenvalue weighted by Crippen LogP contribution is -2.19. The summed E-state index contributed by atoms with van der Waals surface area (Å²) in [7, 11) is 0. The molecular weight excluding hydrogens is 309 g/mol. The van der Waals surface area contributed by atoms with Gasteiger partial charge in [0.05, 0.1) is 10.7 Å². The van der Waals surface area contributed by atoms with Crippen molar-refractivity contribution in [2.24, 2.45) is 0 Å². The van der Waals surface area contributed by atoms with Gasteiger partial charge in [-0.1, -0.05) is 36.2 Å². The molecule has 0 saturated carbocycles. The van der Waals surface area contributed by atoms with Gasteiger partial charge in [0.2, 0.25) is 0 Å². The van der Waals surface area contributed by atoms with Gasteiger partial charge in [0.1, 0.15) is 0 Å². The summed E-state index contributed by atoms with van der Waals surface area (Å²) in [4.78, 5) is 11.9. The molecule has 2 rings (SSSR count). The van der Waals surface area contributed by atoms with Crippen molar-refractivity contribution in [3.63, 3.8) is 0 Å². The van der Waals surface area contributed by atoms with Gasteiger partial charge in [0.25, 0.3) is 0 Å². The third-order valence-corrected chi connectivity index (χ3v) is 3.53. The molecular formula is C15H15Cl2N3O. The molecule has 0 aliphatic heterocycles. The van der Waals surface area contributed by atoms with Crippen molar-refractivity contribution in [1.82, 2.24) is 0 Å². The third kappa shape index (κ3) is 4.03. The van der Waals surface area contributed by atoms with Crippen LogP contribution in [-0.2, 0) is 6.42 Å². The van der Waals surface area contributed by atoms with Crippen LogP contribution in [0.25, 0.3) is 0 Å². The molecule has 0 atom stereocenters. The largest absolute Gasteiger partial charge is 0.398 e. The number of halogens is 2. The quantitative estimate of drug-likeness (QED) is 0.711. The average molecular weight is 324 g/mol. The summed E-state index contributed by atoms with van der Waals surface area (Å²) in [6.45, 7) is 2.02. The van der Waals surface area contributed by atoms with E-state index in [9.17, 15) is 4.79 Å². The Morgan fingerprint density at radius 3 is 2.57 bits per heavy atom. The number of aryl methyl sites for hydroxylation is 1. The van der Waals surface area contributed by atoms with Gasteiger partial charge in [-0.05, 0) is 42.3 Å². The normalized spacial score (nSPS) is 10.2. The zero-order valence-electron chi connectivity index (χ0n) is 11.4. The fourth-order valence-electron chi connectivity index (χ4n) is 1.87. The molecule has 0 aliphatic carbocycles. The molecule has 0 spiro atoms. The van der Waals surface area contributed by atoms with E-state index in [2.05, 4.69) is 10.6 Å². The Morgan fingerprint density at radius 1 is 1.14 bits per heavy atom. The molecule has 0 aliphatic rings. The smallest absolute Gasteiger partial charge is 0.323 e. The minimum absolute atomic E-state index is 0.412. The van der Waals surface area contributed by atoms with Gasteiger partial charge >= 0.3 is 6.03 Å². The fourth-order valence-corrected chi connectivity index (χ4v) is 2.21. The van der Waals surface area contributed by atoms with E-state index in [-0.39, 0.29) is 0 Å². The topological polar surface area (TPSA) is 67.2 Å². The van der Waals surface area contributed by atoms with Crippen molar-refractivity contribution in [3.05, 3.63) is 52.0 Å². The van der Waals surface area contributed by atoms with Crippen molar-refractivity contribution in [2.75, 3.05) is 16.4 Å². The highest BCUT2D eigenvalue weighted by Crippen LogP contribution is 2.25. The Labute approximate surface area is 133 Å². The van der Waals surface area contributed by atoms with E-state index >= 15 is 0 Å². The summed E-state index contributed by atoms with van der Waals surface area (Å²) >= 11 is 11.9. The molecule has 0 aromatic heterocycles. The summed E-state index contributed by atoms with van der Waals surface area (Å²) in [5, 5.41) is 6.24. The van der Waals surface area contributed by atoms with E-state index < -0.39 is 6.03 Å². The van der Waals surface area contributed by atoms with Crippen LogP contribution in [0.2, 0.25) is 10.0 Å². The van der Waals surface area contributed by atoms with E-state index in [0.717, 1.165) is 12.0 Å². The van der Waals surface area contributed by atoms with E-state index in [0.29, 0.717) is 27.1 Å². The summed E-state index contributed by atoms with van der Waals surface area (Å²) in [6, 6.07) is 9.84. The van der Waals surface area contributed by atoms with Crippen LogP contribution in [0.15, 0.2) is 36.4 Å². The number of carbonyl (C=O) groups is 1. The Bertz CT molecular complexity index is 674. The first-order valence-electron chi connectivity index (χ1n) is 6.41. The van der Waals surface area contributed by atoms with Crippen LogP contribution in [0.5, 0.6) is 0 Å². The molecule has 21 heavy (non-hydrogen) atoms. The Balaban J connectivity index is 2.08. The first-order valence-corrected chi connectivity index (χ1v) is 7.16. The van der Waals surface area contributed by atoms with Gasteiger partial charge in [-0.2, -0.15) is 0 Å². The zero-order valence-corrected chi connectivity index (χ0v) is 12.9. The number of rotatable bonds is 3. The summed E-state index contributed by atoms with van der Waals surface area (Å²) < 4.78 is 0. The number of hydrogen-bond donors (Lipinski definition) is 3. The Kier molecular flexibility index (Phi) is 4.94. The maximum absolute atomic E-state index is 11.9. The summed E-state index contributed by atoms with van der Waals surface area (Å²) in [5.74, 6) is 0. The number of amides is 2. The number of nitrogen functional groups attached to an aromatic ring is 1. The van der Waals surface area contributed by atoms with Crippen LogP contribution in [0.4, 0.5) is 21.9 Å². The van der Waals surface area contributed by atoms with Crippen LogP contribution in [-0.4, -0.2) is 6.03 Å². The summed E-state index contributed by atoms with van der Waals surface area (Å²) in [5.41, 5.74) is 8.64. The maximum Gasteiger partial charge on any atom is 0.323 e. The van der Waals surface area contributed by atoms with Crippen LogP contribution < -0.4 is 16.4 Å². The number of hydrogen-bond acceptors (Lipinski definition) is 2. The minimum atomic E-state index is -0.414. The third-order valence-electron chi connectivity index (χ3n) is 2.96. The SMILES string of the molecule is CCc1ccc(NC(=O)Nc2cc(Cl)ccc2Cl)cc1N. The monoisotopic (exact) mass is 323 g/mol. The number of benzene rings is 2. The molecule has 0 bridgehead atoms. The molecule has 0 saturated heterocycles. The molecule has 4 nitrogen and oxygen atoms in total. The van der Waals surface area contributed by atoms with Crippen molar-refractivity contribution in [3.8, 4) is 0 Å². The van der Waals surface area contributed by atoms with Gasteiger partial charge < -0.3 is 16.4 Å². The predicted molar refractivity (Wildman–Crippen MR) is 89.3 cm³/mol. The predicted octanol–water partition coefficient (Wildman–Crippen LogP) is 4.78. The number of anilines is 3. The molecule has 0 unspecified atom stereocenters. The van der Waals surface area contributed by atoms with Crippen LogP contribution in [0.1, 0.15) is 12.5 Å². The zero-order chi connectivity index (χ0) is 15.4. The average Bonchev–Trinajstić information content (AvgIpc) is 2.43. The second-order valence-electron chi connectivity index (χ2n) is 4.47. The van der Waals surface area contributed by atoms with E-state index in [1.54, 1.807) is 30.3 Å². The molecule has 0 radical (unpaired) electrons. The molecule has 2 amide bonds. The molecule has 0 fully saturated rings. The highest BCUT2D eigenvalue weighted by atomic mass is 35.5.